The number of anilines is 1. The molecule has 1 N–H and O–H groups in total. The summed E-state index contributed by atoms with van der Waals surface area (Å²) in [7, 11) is 0. The number of carbonyl (C=O) groups excluding carboxylic acids is 2. The number of nitrogens with zero attached hydrogens (tertiary/aromatic N) is 2. The monoisotopic (exact) mass is 349 g/mol. The first-order chi connectivity index (χ1) is 12.7. The summed E-state index contributed by atoms with van der Waals surface area (Å²) >= 11 is 0. The summed E-state index contributed by atoms with van der Waals surface area (Å²) in [5.41, 5.74) is 3.05. The van der Waals surface area contributed by atoms with Crippen molar-refractivity contribution in [2.75, 3.05) is 37.6 Å². The molecule has 0 radical (unpaired) electrons. The number of benzene rings is 2. The van der Waals surface area contributed by atoms with E-state index in [1.165, 1.54) is 0 Å². The lowest BCUT2D eigenvalue weighted by Gasteiger charge is -2.36. The summed E-state index contributed by atoms with van der Waals surface area (Å²) in [6.07, 6.45) is 0.865. The Morgan fingerprint density at radius 2 is 1.77 bits per heavy atom. The van der Waals surface area contributed by atoms with Crippen molar-refractivity contribution >= 4 is 17.5 Å². The molecular formula is C21H23N3O2. The average molecular weight is 349 g/mol. The SMILES string of the molecule is O=C(C1CCNC1)N1CCN(c2ccccc2-c2ccccc2)C(=O)C1. The van der Waals surface area contributed by atoms with Crippen molar-refractivity contribution < 1.29 is 9.59 Å². The fourth-order valence-corrected chi connectivity index (χ4v) is 3.81. The zero-order chi connectivity index (χ0) is 17.9. The second-order valence-corrected chi connectivity index (χ2v) is 6.88. The van der Waals surface area contributed by atoms with Crippen molar-refractivity contribution in [1.29, 1.82) is 0 Å². The Hall–Kier alpha value is -2.66. The van der Waals surface area contributed by atoms with Crippen LogP contribution in [0.2, 0.25) is 0 Å². The third kappa shape index (κ3) is 3.22. The van der Waals surface area contributed by atoms with Crippen molar-refractivity contribution in [2.24, 2.45) is 5.92 Å². The van der Waals surface area contributed by atoms with Gasteiger partial charge in [-0.2, -0.15) is 0 Å². The molecule has 0 saturated carbocycles. The molecule has 0 bridgehead atoms. The molecule has 0 spiro atoms. The Morgan fingerprint density at radius 3 is 2.50 bits per heavy atom. The largest absolute Gasteiger partial charge is 0.331 e. The van der Waals surface area contributed by atoms with Crippen molar-refractivity contribution in [3.05, 3.63) is 54.6 Å². The van der Waals surface area contributed by atoms with Crippen molar-refractivity contribution in [3.63, 3.8) is 0 Å². The van der Waals surface area contributed by atoms with Crippen LogP contribution in [-0.2, 0) is 9.59 Å². The highest BCUT2D eigenvalue weighted by atomic mass is 16.2. The second kappa shape index (κ2) is 7.30. The summed E-state index contributed by atoms with van der Waals surface area (Å²) in [6, 6.07) is 18.1. The van der Waals surface area contributed by atoms with E-state index in [9.17, 15) is 9.59 Å². The third-order valence-corrected chi connectivity index (χ3v) is 5.22. The molecule has 2 aromatic rings. The van der Waals surface area contributed by atoms with Crippen LogP contribution in [0.3, 0.4) is 0 Å². The van der Waals surface area contributed by atoms with Crippen LogP contribution in [0.4, 0.5) is 5.69 Å². The van der Waals surface area contributed by atoms with Gasteiger partial charge in [-0.15, -0.1) is 0 Å². The summed E-state index contributed by atoms with van der Waals surface area (Å²) in [5.74, 6) is 0.115. The molecule has 2 aromatic carbocycles. The molecule has 0 aliphatic carbocycles. The van der Waals surface area contributed by atoms with Gasteiger partial charge in [-0.25, -0.2) is 0 Å². The first-order valence-electron chi connectivity index (χ1n) is 9.18. The Kier molecular flexibility index (Phi) is 4.71. The minimum atomic E-state index is -0.0149. The van der Waals surface area contributed by atoms with Crippen molar-refractivity contribution in [2.45, 2.75) is 6.42 Å². The van der Waals surface area contributed by atoms with E-state index in [1.807, 2.05) is 47.4 Å². The fraction of sp³-hybridized carbons (Fsp3) is 0.333. The molecule has 2 heterocycles. The number of nitrogens with one attached hydrogen (secondary N) is 1. The van der Waals surface area contributed by atoms with Gasteiger partial charge in [0.25, 0.3) is 0 Å². The summed E-state index contributed by atoms with van der Waals surface area (Å²) in [4.78, 5) is 29.0. The van der Waals surface area contributed by atoms with E-state index >= 15 is 0 Å². The first kappa shape index (κ1) is 16.8. The summed E-state index contributed by atoms with van der Waals surface area (Å²) in [6.45, 7) is 2.90. The Balaban J connectivity index is 1.54. The number of hydrogen-bond donors (Lipinski definition) is 1. The molecule has 2 aliphatic heterocycles. The second-order valence-electron chi connectivity index (χ2n) is 6.88. The van der Waals surface area contributed by atoms with E-state index in [0.717, 1.165) is 36.3 Å². The van der Waals surface area contributed by atoms with E-state index < -0.39 is 0 Å². The summed E-state index contributed by atoms with van der Waals surface area (Å²) < 4.78 is 0. The van der Waals surface area contributed by atoms with E-state index in [2.05, 4.69) is 17.4 Å². The standard InChI is InChI=1S/C21H23N3O2/c25-20-15-23(21(26)17-10-11-22-14-17)12-13-24(20)19-9-5-4-8-18(19)16-6-2-1-3-7-16/h1-9,17,22H,10-15H2. The predicted molar refractivity (Wildman–Crippen MR) is 102 cm³/mol. The predicted octanol–water partition coefficient (Wildman–Crippen LogP) is 2.14. The fourth-order valence-electron chi connectivity index (χ4n) is 3.81. The Bertz CT molecular complexity index is 800. The smallest absolute Gasteiger partial charge is 0.246 e. The van der Waals surface area contributed by atoms with E-state index in [4.69, 9.17) is 0 Å². The van der Waals surface area contributed by atoms with Crippen LogP contribution in [0.25, 0.3) is 11.1 Å². The minimum Gasteiger partial charge on any atom is -0.331 e. The Morgan fingerprint density at radius 1 is 1.00 bits per heavy atom. The van der Waals surface area contributed by atoms with Gasteiger partial charge in [-0.1, -0.05) is 48.5 Å². The van der Waals surface area contributed by atoms with Crippen molar-refractivity contribution in [1.82, 2.24) is 10.2 Å². The average Bonchev–Trinajstić information content (AvgIpc) is 3.23. The highest BCUT2D eigenvalue weighted by Gasteiger charge is 2.33. The molecule has 2 aliphatic rings. The molecule has 26 heavy (non-hydrogen) atoms. The highest BCUT2D eigenvalue weighted by Crippen LogP contribution is 2.31. The van der Waals surface area contributed by atoms with Crippen LogP contribution in [0.15, 0.2) is 54.6 Å². The van der Waals surface area contributed by atoms with Gasteiger partial charge in [0, 0.05) is 25.2 Å². The molecule has 2 amide bonds. The molecule has 5 nitrogen and oxygen atoms in total. The van der Waals surface area contributed by atoms with Crippen LogP contribution in [-0.4, -0.2) is 49.4 Å². The lowest BCUT2D eigenvalue weighted by atomic mass is 10.0. The van der Waals surface area contributed by atoms with Crippen LogP contribution in [0.1, 0.15) is 6.42 Å². The molecule has 1 atom stereocenters. The number of amides is 2. The lowest BCUT2D eigenvalue weighted by molar-refractivity contribution is -0.139. The number of hydrogen-bond acceptors (Lipinski definition) is 3. The topological polar surface area (TPSA) is 52.7 Å². The number of para-hydroxylation sites is 1. The first-order valence-corrected chi connectivity index (χ1v) is 9.18. The van der Waals surface area contributed by atoms with Crippen LogP contribution in [0, 0.1) is 5.92 Å². The van der Waals surface area contributed by atoms with Crippen LogP contribution in [0.5, 0.6) is 0 Å². The van der Waals surface area contributed by atoms with E-state index in [1.54, 1.807) is 4.90 Å². The zero-order valence-corrected chi connectivity index (χ0v) is 14.7. The van der Waals surface area contributed by atoms with Crippen LogP contribution < -0.4 is 10.2 Å². The van der Waals surface area contributed by atoms with Gasteiger partial charge in [-0.3, -0.25) is 9.59 Å². The van der Waals surface area contributed by atoms with Crippen molar-refractivity contribution in [3.8, 4) is 11.1 Å². The molecule has 0 aromatic heterocycles. The molecule has 2 fully saturated rings. The number of rotatable bonds is 3. The zero-order valence-electron chi connectivity index (χ0n) is 14.7. The van der Waals surface area contributed by atoms with E-state index in [-0.39, 0.29) is 24.3 Å². The van der Waals surface area contributed by atoms with Gasteiger partial charge in [0.05, 0.1) is 11.6 Å². The van der Waals surface area contributed by atoms with Crippen LogP contribution >= 0.6 is 0 Å². The maximum atomic E-state index is 12.8. The van der Waals surface area contributed by atoms with Gasteiger partial charge in [-0.05, 0) is 24.6 Å². The maximum Gasteiger partial charge on any atom is 0.246 e. The normalized spacial score (nSPS) is 20.5. The van der Waals surface area contributed by atoms with Gasteiger partial charge in [0.2, 0.25) is 11.8 Å². The molecular weight excluding hydrogens is 326 g/mol. The molecule has 134 valence electrons. The van der Waals surface area contributed by atoms with Gasteiger partial charge in [0.15, 0.2) is 0 Å². The summed E-state index contributed by atoms with van der Waals surface area (Å²) in [5, 5.41) is 3.22. The lowest BCUT2D eigenvalue weighted by Crippen LogP contribution is -2.54. The van der Waals surface area contributed by atoms with E-state index in [0.29, 0.717) is 13.1 Å². The number of piperazine rings is 1. The quantitative estimate of drug-likeness (QED) is 0.924. The third-order valence-electron chi connectivity index (χ3n) is 5.22. The highest BCUT2D eigenvalue weighted by molar-refractivity contribution is 6.01. The van der Waals surface area contributed by atoms with Gasteiger partial charge >= 0.3 is 0 Å². The molecule has 4 rings (SSSR count). The van der Waals surface area contributed by atoms with Gasteiger partial charge in [0.1, 0.15) is 6.54 Å². The van der Waals surface area contributed by atoms with Gasteiger partial charge < -0.3 is 15.1 Å². The Labute approximate surface area is 153 Å². The number of carbonyl (C=O) groups is 2. The molecule has 1 unspecified atom stereocenters. The maximum absolute atomic E-state index is 12.8. The molecule has 5 heteroatoms. The minimum absolute atomic E-state index is 0.0149. The molecule has 2 saturated heterocycles.